The van der Waals surface area contributed by atoms with Crippen molar-refractivity contribution >= 4 is 11.6 Å². The molecule has 6 heteroatoms. The van der Waals surface area contributed by atoms with Crippen LogP contribution in [0.25, 0.3) is 0 Å². The van der Waals surface area contributed by atoms with Gasteiger partial charge >= 0.3 is 0 Å². The lowest BCUT2D eigenvalue weighted by Crippen LogP contribution is -2.29. The Labute approximate surface area is 138 Å². The van der Waals surface area contributed by atoms with Crippen molar-refractivity contribution in [2.45, 2.75) is 12.3 Å². The second-order valence-corrected chi connectivity index (χ2v) is 6.08. The van der Waals surface area contributed by atoms with Gasteiger partial charge in [-0.05, 0) is 24.1 Å². The number of hydrogen-bond acceptors (Lipinski definition) is 5. The van der Waals surface area contributed by atoms with E-state index < -0.39 is 5.92 Å². The quantitative estimate of drug-likeness (QED) is 0.872. The van der Waals surface area contributed by atoms with Gasteiger partial charge in [-0.3, -0.25) is 4.79 Å². The summed E-state index contributed by atoms with van der Waals surface area (Å²) >= 11 is 0. The molecule has 0 radical (unpaired) electrons. The van der Waals surface area contributed by atoms with E-state index in [1.807, 2.05) is 18.2 Å². The number of anilines is 1. The summed E-state index contributed by atoms with van der Waals surface area (Å²) in [5.74, 6) is 1.20. The van der Waals surface area contributed by atoms with E-state index in [1.165, 1.54) is 6.07 Å². The number of ether oxygens (including phenoxy) is 3. The van der Waals surface area contributed by atoms with E-state index in [9.17, 15) is 9.90 Å². The monoisotopic (exact) mass is 325 g/mol. The van der Waals surface area contributed by atoms with Crippen LogP contribution in [0.5, 0.6) is 23.0 Å². The number of rotatable bonds is 1. The Morgan fingerprint density at radius 1 is 1.04 bits per heavy atom. The van der Waals surface area contributed by atoms with Crippen molar-refractivity contribution in [3.63, 3.8) is 0 Å². The Morgan fingerprint density at radius 2 is 1.88 bits per heavy atom. The van der Waals surface area contributed by atoms with Gasteiger partial charge in [0.1, 0.15) is 11.5 Å². The molecule has 3 aliphatic rings. The van der Waals surface area contributed by atoms with Crippen LogP contribution in [0.2, 0.25) is 0 Å². The van der Waals surface area contributed by atoms with Crippen LogP contribution in [0.15, 0.2) is 30.3 Å². The molecule has 3 aliphatic heterocycles. The molecular formula is C18H15NO5. The molecule has 2 aromatic carbocycles. The Hall–Kier alpha value is -2.89. The number of amides is 1. The molecule has 0 fully saturated rings. The van der Waals surface area contributed by atoms with E-state index in [-0.39, 0.29) is 18.4 Å². The molecule has 5 rings (SSSR count). The number of aromatic hydroxyl groups is 1. The van der Waals surface area contributed by atoms with Crippen molar-refractivity contribution in [2.24, 2.45) is 0 Å². The number of carbonyl (C=O) groups is 1. The van der Waals surface area contributed by atoms with Gasteiger partial charge in [-0.1, -0.05) is 12.1 Å². The van der Waals surface area contributed by atoms with Gasteiger partial charge in [-0.2, -0.15) is 0 Å². The van der Waals surface area contributed by atoms with Crippen LogP contribution in [-0.4, -0.2) is 31.0 Å². The molecule has 24 heavy (non-hydrogen) atoms. The molecule has 6 nitrogen and oxygen atoms in total. The maximum Gasteiger partial charge on any atom is 0.239 e. The molecule has 3 heterocycles. The van der Waals surface area contributed by atoms with Crippen LogP contribution in [0.1, 0.15) is 23.5 Å². The predicted molar refractivity (Wildman–Crippen MR) is 85.0 cm³/mol. The minimum Gasteiger partial charge on any atom is -0.507 e. The van der Waals surface area contributed by atoms with Crippen LogP contribution in [0.4, 0.5) is 5.69 Å². The summed E-state index contributed by atoms with van der Waals surface area (Å²) in [6.45, 7) is 1.34. The lowest BCUT2D eigenvalue weighted by Gasteiger charge is -2.16. The number of nitrogens with zero attached hydrogens (tertiary/aromatic N) is 1. The first-order valence-corrected chi connectivity index (χ1v) is 7.93. The van der Waals surface area contributed by atoms with Crippen LogP contribution < -0.4 is 19.1 Å². The molecule has 122 valence electrons. The smallest absolute Gasteiger partial charge is 0.239 e. The number of phenolic OH excluding ortho intramolecular Hbond substituents is 1. The Bertz CT molecular complexity index is 863. The molecule has 0 spiro atoms. The molecule has 0 aliphatic carbocycles. The summed E-state index contributed by atoms with van der Waals surface area (Å²) in [6.07, 6.45) is 0.777. The lowest BCUT2D eigenvalue weighted by atomic mass is 9.91. The minimum absolute atomic E-state index is 0.0359. The number of benzene rings is 2. The van der Waals surface area contributed by atoms with E-state index in [4.69, 9.17) is 14.2 Å². The highest BCUT2D eigenvalue weighted by atomic mass is 16.7. The third-order valence-electron chi connectivity index (χ3n) is 4.74. The maximum absolute atomic E-state index is 13.1. The first-order chi connectivity index (χ1) is 11.7. The number of fused-ring (bicyclic) bond motifs is 1. The summed E-state index contributed by atoms with van der Waals surface area (Å²) in [5.41, 5.74) is 2.21. The molecule has 1 unspecified atom stereocenters. The molecular weight excluding hydrogens is 310 g/mol. The fraction of sp³-hybridized carbons (Fsp3) is 0.278. The number of phenols is 1. The second-order valence-electron chi connectivity index (χ2n) is 6.08. The van der Waals surface area contributed by atoms with Gasteiger partial charge in [0.15, 0.2) is 11.5 Å². The molecule has 1 N–H and O–H groups in total. The SMILES string of the molecule is O=C1C(c2cc3c(cc2O)OCO3)c2cccc3c2N1CCCO3. The van der Waals surface area contributed by atoms with E-state index in [1.54, 1.807) is 11.0 Å². The number of para-hydroxylation sites is 1. The molecule has 0 bridgehead atoms. The first-order valence-electron chi connectivity index (χ1n) is 7.93. The minimum atomic E-state index is -0.559. The number of hydrogen-bond donors (Lipinski definition) is 1. The third-order valence-corrected chi connectivity index (χ3v) is 4.74. The van der Waals surface area contributed by atoms with Crippen molar-refractivity contribution in [1.29, 1.82) is 0 Å². The van der Waals surface area contributed by atoms with Crippen LogP contribution in [0.3, 0.4) is 0 Å². The van der Waals surface area contributed by atoms with Crippen LogP contribution in [0, 0.1) is 0 Å². The first kappa shape index (κ1) is 13.5. The summed E-state index contributed by atoms with van der Waals surface area (Å²) < 4.78 is 16.5. The summed E-state index contributed by atoms with van der Waals surface area (Å²) in [6, 6.07) is 8.89. The van der Waals surface area contributed by atoms with Crippen molar-refractivity contribution in [1.82, 2.24) is 0 Å². The van der Waals surface area contributed by atoms with E-state index in [0.717, 1.165) is 23.4 Å². The fourth-order valence-electron chi connectivity index (χ4n) is 3.68. The molecule has 0 saturated heterocycles. The normalized spacial score (nSPS) is 20.6. The van der Waals surface area contributed by atoms with E-state index in [2.05, 4.69) is 0 Å². The fourth-order valence-corrected chi connectivity index (χ4v) is 3.68. The third kappa shape index (κ3) is 1.73. The average molecular weight is 325 g/mol. The highest BCUT2D eigenvalue weighted by Gasteiger charge is 2.42. The standard InChI is InChI=1S/C18H15NO5/c20-12-8-15-14(23-9-24-15)7-11(12)16-10-3-1-4-13-17(10)19(18(16)21)5-2-6-22-13/h1,3-4,7-8,16,20H,2,5-6,9H2. The predicted octanol–water partition coefficient (Wildman–Crippen LogP) is 2.38. The molecule has 0 aromatic heterocycles. The lowest BCUT2D eigenvalue weighted by molar-refractivity contribution is -0.118. The zero-order chi connectivity index (χ0) is 16.3. The molecule has 2 aromatic rings. The van der Waals surface area contributed by atoms with Gasteiger partial charge in [0, 0.05) is 18.2 Å². The summed E-state index contributed by atoms with van der Waals surface area (Å²) in [4.78, 5) is 14.8. The van der Waals surface area contributed by atoms with Gasteiger partial charge in [-0.15, -0.1) is 0 Å². The zero-order valence-corrected chi connectivity index (χ0v) is 12.8. The van der Waals surface area contributed by atoms with Gasteiger partial charge in [0.05, 0.1) is 18.2 Å². The Morgan fingerprint density at radius 3 is 2.75 bits per heavy atom. The maximum atomic E-state index is 13.1. The van der Waals surface area contributed by atoms with Crippen LogP contribution in [-0.2, 0) is 4.79 Å². The zero-order valence-electron chi connectivity index (χ0n) is 12.8. The van der Waals surface area contributed by atoms with Crippen LogP contribution >= 0.6 is 0 Å². The molecule has 0 saturated carbocycles. The summed E-state index contributed by atoms with van der Waals surface area (Å²) in [7, 11) is 0. The largest absolute Gasteiger partial charge is 0.507 e. The molecule has 1 amide bonds. The topological polar surface area (TPSA) is 68.2 Å². The number of carbonyl (C=O) groups excluding carboxylic acids is 1. The van der Waals surface area contributed by atoms with Gasteiger partial charge in [-0.25, -0.2) is 0 Å². The van der Waals surface area contributed by atoms with E-state index in [0.29, 0.717) is 30.2 Å². The Balaban J connectivity index is 1.70. The average Bonchev–Trinajstić information content (AvgIpc) is 3.04. The van der Waals surface area contributed by atoms with Crippen molar-refractivity contribution in [3.05, 3.63) is 41.5 Å². The van der Waals surface area contributed by atoms with E-state index >= 15 is 0 Å². The highest BCUT2D eigenvalue weighted by Crippen LogP contribution is 2.50. The highest BCUT2D eigenvalue weighted by molar-refractivity contribution is 6.09. The Kier molecular flexibility index (Phi) is 2.71. The van der Waals surface area contributed by atoms with Crippen molar-refractivity contribution in [2.75, 3.05) is 24.8 Å². The molecule has 1 atom stereocenters. The van der Waals surface area contributed by atoms with Crippen molar-refractivity contribution in [3.8, 4) is 23.0 Å². The second kappa shape index (κ2) is 4.80. The van der Waals surface area contributed by atoms with Gasteiger partial charge in [0.25, 0.3) is 0 Å². The van der Waals surface area contributed by atoms with Gasteiger partial charge < -0.3 is 24.2 Å². The van der Waals surface area contributed by atoms with Crippen molar-refractivity contribution < 1.29 is 24.1 Å². The summed E-state index contributed by atoms with van der Waals surface area (Å²) in [5, 5.41) is 10.4. The van der Waals surface area contributed by atoms with Gasteiger partial charge in [0.2, 0.25) is 12.7 Å².